The third kappa shape index (κ3) is 0.655. The molecule has 0 aromatic heterocycles. The van der Waals surface area contributed by atoms with Gasteiger partial charge in [-0.1, -0.05) is 0 Å². The highest BCUT2D eigenvalue weighted by Crippen LogP contribution is 2.19. The lowest BCUT2D eigenvalue weighted by molar-refractivity contribution is -0.119. The van der Waals surface area contributed by atoms with Gasteiger partial charge in [0.15, 0.2) is 0 Å². The second kappa shape index (κ2) is 1.76. The molecule has 0 saturated carbocycles. The molecule has 0 bridgehead atoms. The fraction of sp³-hybridized carbons (Fsp3) is 0.167. The summed E-state index contributed by atoms with van der Waals surface area (Å²) in [4.78, 5) is 10.7. The summed E-state index contributed by atoms with van der Waals surface area (Å²) in [7, 11) is 0. The summed E-state index contributed by atoms with van der Waals surface area (Å²) < 4.78 is 0. The van der Waals surface area contributed by atoms with Gasteiger partial charge in [-0.3, -0.25) is 4.79 Å². The van der Waals surface area contributed by atoms with Crippen molar-refractivity contribution in [3.05, 3.63) is 23.7 Å². The molecule has 2 rings (SSSR count). The van der Waals surface area contributed by atoms with Crippen LogP contribution in [0.25, 0.3) is 0 Å². The molecule has 2 heterocycles. The number of fused-ring (bicyclic) bond motifs is 1. The lowest BCUT2D eigenvalue weighted by Gasteiger charge is -2.08. The first kappa shape index (κ1) is 5.34. The highest BCUT2D eigenvalue weighted by Gasteiger charge is 2.16. The normalized spacial score (nSPS) is 21.4. The molecule has 0 spiro atoms. The van der Waals surface area contributed by atoms with Crippen LogP contribution < -0.4 is 5.32 Å². The van der Waals surface area contributed by atoms with Gasteiger partial charge in [0.2, 0.25) is 5.91 Å². The molecule has 50 valence electrons. The highest BCUT2D eigenvalue weighted by molar-refractivity contribution is 5.82. The zero-order chi connectivity index (χ0) is 6.97. The van der Waals surface area contributed by atoms with E-state index < -0.39 is 0 Å². The smallest absolute Gasteiger partial charge is 0.228 e. The third-order valence-electron chi connectivity index (χ3n) is 1.38. The van der Waals surface area contributed by atoms with E-state index in [4.69, 9.17) is 0 Å². The van der Waals surface area contributed by atoms with E-state index in [9.17, 15) is 4.79 Å². The first-order valence-electron chi connectivity index (χ1n) is 2.98. The standard InChI is InChI=1S/C6H5N3O/c10-6-2-1-4-5(8-6)3-7-9-4/h1,3H,2H2,(H,8,10). The Labute approximate surface area is 57.3 Å². The molecule has 1 N–H and O–H groups in total. The third-order valence-corrected chi connectivity index (χ3v) is 1.38. The average molecular weight is 135 g/mol. The topological polar surface area (TPSA) is 53.8 Å². The van der Waals surface area contributed by atoms with Crippen LogP contribution in [0.15, 0.2) is 33.9 Å². The van der Waals surface area contributed by atoms with Crippen molar-refractivity contribution in [1.82, 2.24) is 5.32 Å². The van der Waals surface area contributed by atoms with E-state index in [0.717, 1.165) is 11.4 Å². The molecule has 0 aliphatic carbocycles. The Morgan fingerprint density at radius 3 is 3.40 bits per heavy atom. The molecule has 0 aromatic carbocycles. The first-order chi connectivity index (χ1) is 4.86. The number of amides is 1. The van der Waals surface area contributed by atoms with Gasteiger partial charge in [0.25, 0.3) is 0 Å². The lowest BCUT2D eigenvalue weighted by atomic mass is 10.2. The fourth-order valence-electron chi connectivity index (χ4n) is 0.907. The molecule has 10 heavy (non-hydrogen) atoms. The fourth-order valence-corrected chi connectivity index (χ4v) is 0.907. The maximum atomic E-state index is 10.7. The maximum absolute atomic E-state index is 10.7. The molecule has 2 aliphatic heterocycles. The Bertz CT molecular complexity index is 275. The summed E-state index contributed by atoms with van der Waals surface area (Å²) in [6, 6.07) is 0. The summed E-state index contributed by atoms with van der Waals surface area (Å²) in [6.45, 7) is 0. The number of carbonyl (C=O) groups is 1. The van der Waals surface area contributed by atoms with Crippen molar-refractivity contribution in [2.45, 2.75) is 6.42 Å². The van der Waals surface area contributed by atoms with E-state index in [1.165, 1.54) is 0 Å². The summed E-state index contributed by atoms with van der Waals surface area (Å²) in [6.07, 6.45) is 3.72. The van der Waals surface area contributed by atoms with Crippen molar-refractivity contribution in [3.63, 3.8) is 0 Å². The van der Waals surface area contributed by atoms with Gasteiger partial charge in [0.05, 0.1) is 11.9 Å². The summed E-state index contributed by atoms with van der Waals surface area (Å²) in [5, 5.41) is 10.1. The van der Waals surface area contributed by atoms with Crippen molar-refractivity contribution in [1.29, 1.82) is 0 Å². The van der Waals surface area contributed by atoms with Gasteiger partial charge in [-0.15, -0.1) is 5.11 Å². The van der Waals surface area contributed by atoms with Crippen molar-refractivity contribution >= 4 is 5.91 Å². The van der Waals surface area contributed by atoms with E-state index in [1.807, 2.05) is 0 Å². The van der Waals surface area contributed by atoms with Crippen molar-refractivity contribution in [2.75, 3.05) is 0 Å². The number of azo groups is 1. The van der Waals surface area contributed by atoms with Crippen LogP contribution in [-0.2, 0) is 4.79 Å². The van der Waals surface area contributed by atoms with Crippen LogP contribution in [0.1, 0.15) is 6.42 Å². The molecule has 1 amide bonds. The first-order valence-corrected chi connectivity index (χ1v) is 2.98. The van der Waals surface area contributed by atoms with Gasteiger partial charge in [0, 0.05) is 6.42 Å². The predicted molar refractivity (Wildman–Crippen MR) is 33.8 cm³/mol. The molecule has 0 radical (unpaired) electrons. The van der Waals surface area contributed by atoms with E-state index >= 15 is 0 Å². The van der Waals surface area contributed by atoms with Crippen LogP contribution in [0, 0.1) is 0 Å². The monoisotopic (exact) mass is 135 g/mol. The van der Waals surface area contributed by atoms with Gasteiger partial charge in [-0.05, 0) is 6.08 Å². The van der Waals surface area contributed by atoms with Crippen LogP contribution in [0.4, 0.5) is 0 Å². The molecule has 2 aliphatic rings. The largest absolute Gasteiger partial charge is 0.323 e. The molecule has 4 nitrogen and oxygen atoms in total. The molecule has 0 atom stereocenters. The van der Waals surface area contributed by atoms with Gasteiger partial charge in [-0.2, -0.15) is 5.11 Å². The Morgan fingerprint density at radius 1 is 1.60 bits per heavy atom. The number of hydrogen-bond acceptors (Lipinski definition) is 3. The van der Waals surface area contributed by atoms with Crippen LogP contribution in [0.2, 0.25) is 0 Å². The number of carbonyl (C=O) groups excluding carboxylic acids is 1. The molecule has 0 fully saturated rings. The zero-order valence-corrected chi connectivity index (χ0v) is 5.16. The minimum Gasteiger partial charge on any atom is -0.323 e. The summed E-state index contributed by atoms with van der Waals surface area (Å²) in [5.41, 5.74) is 1.50. The Kier molecular flexibility index (Phi) is 0.943. The van der Waals surface area contributed by atoms with Crippen molar-refractivity contribution < 1.29 is 4.79 Å². The predicted octanol–water partition coefficient (Wildman–Crippen LogP) is 0.697. The van der Waals surface area contributed by atoms with Crippen molar-refractivity contribution in [2.24, 2.45) is 10.2 Å². The van der Waals surface area contributed by atoms with Gasteiger partial charge >= 0.3 is 0 Å². The zero-order valence-electron chi connectivity index (χ0n) is 5.16. The number of rotatable bonds is 0. The Morgan fingerprint density at radius 2 is 2.50 bits per heavy atom. The number of hydrogen-bond donors (Lipinski definition) is 1. The lowest BCUT2D eigenvalue weighted by Crippen LogP contribution is -2.25. The Hall–Kier alpha value is -1.45. The van der Waals surface area contributed by atoms with E-state index in [1.54, 1.807) is 12.3 Å². The van der Waals surface area contributed by atoms with Crippen LogP contribution >= 0.6 is 0 Å². The minimum atomic E-state index is 0.00213. The molecular formula is C6H5N3O. The van der Waals surface area contributed by atoms with Gasteiger partial charge < -0.3 is 5.32 Å². The van der Waals surface area contributed by atoms with Gasteiger partial charge in [-0.25, -0.2) is 0 Å². The molecule has 4 heteroatoms. The highest BCUT2D eigenvalue weighted by atomic mass is 16.1. The molecule has 0 aromatic rings. The summed E-state index contributed by atoms with van der Waals surface area (Å²) in [5.74, 6) is 0.00213. The second-order valence-corrected chi connectivity index (χ2v) is 2.10. The summed E-state index contributed by atoms with van der Waals surface area (Å²) >= 11 is 0. The van der Waals surface area contributed by atoms with Crippen LogP contribution in [0.3, 0.4) is 0 Å². The Balaban J connectivity index is 2.39. The number of nitrogens with zero attached hydrogens (tertiary/aromatic N) is 2. The van der Waals surface area contributed by atoms with Crippen LogP contribution in [-0.4, -0.2) is 5.91 Å². The van der Waals surface area contributed by atoms with Crippen molar-refractivity contribution in [3.8, 4) is 0 Å². The second-order valence-electron chi connectivity index (χ2n) is 2.10. The number of nitrogens with one attached hydrogen (secondary N) is 1. The maximum Gasteiger partial charge on any atom is 0.228 e. The average Bonchev–Trinajstić information content (AvgIpc) is 2.33. The quantitative estimate of drug-likeness (QED) is 0.522. The SMILES string of the molecule is O=C1CC=C2N=NC=C2N1. The molecule has 0 unspecified atom stereocenters. The van der Waals surface area contributed by atoms with E-state index in [0.29, 0.717) is 6.42 Å². The van der Waals surface area contributed by atoms with E-state index in [2.05, 4.69) is 15.5 Å². The minimum absolute atomic E-state index is 0.00213. The molecular weight excluding hydrogens is 130 g/mol. The van der Waals surface area contributed by atoms with Gasteiger partial charge in [0.1, 0.15) is 5.70 Å². The molecule has 0 saturated heterocycles. The van der Waals surface area contributed by atoms with Crippen LogP contribution in [0.5, 0.6) is 0 Å². The van der Waals surface area contributed by atoms with E-state index in [-0.39, 0.29) is 5.91 Å².